The molecule has 1 heterocycles. The van der Waals surface area contributed by atoms with Gasteiger partial charge in [0.25, 0.3) is 14.9 Å². The smallest absolute Gasteiger partial charge is 0.268 e. The maximum atomic E-state index is 11.3. The van der Waals surface area contributed by atoms with Gasteiger partial charge in [0.15, 0.2) is 4.90 Å². The van der Waals surface area contributed by atoms with E-state index in [1.807, 2.05) is 13.8 Å². The molecule has 0 unspecified atom stereocenters. The molecule has 16 heavy (non-hydrogen) atoms. The second-order valence-electron chi connectivity index (χ2n) is 3.35. The standard InChI is InChI=1S/C9H15ClN2O3S/c1-3-5-12-7-8(16(10,13)14)9(11-12)15-6-4-2/h7H,3-6H2,1-2H3. The first-order valence-electron chi connectivity index (χ1n) is 5.14. The number of halogens is 1. The van der Waals surface area contributed by atoms with Crippen molar-refractivity contribution in [3.05, 3.63) is 6.20 Å². The Morgan fingerprint density at radius 3 is 2.62 bits per heavy atom. The van der Waals surface area contributed by atoms with Gasteiger partial charge in [-0.3, -0.25) is 4.68 Å². The molecule has 0 atom stereocenters. The fourth-order valence-electron chi connectivity index (χ4n) is 1.20. The van der Waals surface area contributed by atoms with Gasteiger partial charge in [-0.15, -0.1) is 5.10 Å². The number of nitrogens with zero attached hydrogens (tertiary/aromatic N) is 2. The average molecular weight is 267 g/mol. The Morgan fingerprint density at radius 1 is 1.44 bits per heavy atom. The molecule has 0 spiro atoms. The first kappa shape index (κ1) is 13.3. The van der Waals surface area contributed by atoms with Crippen LogP contribution in [0.5, 0.6) is 5.88 Å². The third kappa shape index (κ3) is 3.38. The molecule has 1 rings (SSSR count). The van der Waals surface area contributed by atoms with Crippen molar-refractivity contribution in [3.63, 3.8) is 0 Å². The van der Waals surface area contributed by atoms with Crippen LogP contribution in [0.1, 0.15) is 26.7 Å². The summed E-state index contributed by atoms with van der Waals surface area (Å²) in [4.78, 5) is -0.0592. The van der Waals surface area contributed by atoms with Gasteiger partial charge in [-0.1, -0.05) is 13.8 Å². The number of hydrogen-bond donors (Lipinski definition) is 0. The van der Waals surface area contributed by atoms with E-state index in [4.69, 9.17) is 15.4 Å². The van der Waals surface area contributed by atoms with E-state index in [1.165, 1.54) is 10.9 Å². The zero-order chi connectivity index (χ0) is 12.2. The highest BCUT2D eigenvalue weighted by Gasteiger charge is 2.21. The lowest BCUT2D eigenvalue weighted by molar-refractivity contribution is 0.294. The Labute approximate surface area is 99.8 Å². The zero-order valence-electron chi connectivity index (χ0n) is 9.31. The van der Waals surface area contributed by atoms with Crippen LogP contribution in [0.25, 0.3) is 0 Å². The van der Waals surface area contributed by atoms with Crippen molar-refractivity contribution in [1.29, 1.82) is 0 Å². The largest absolute Gasteiger partial charge is 0.476 e. The van der Waals surface area contributed by atoms with Gasteiger partial charge in [-0.25, -0.2) is 8.42 Å². The molecule has 0 radical (unpaired) electrons. The summed E-state index contributed by atoms with van der Waals surface area (Å²) in [5.74, 6) is 0.0882. The fraction of sp³-hybridized carbons (Fsp3) is 0.667. The van der Waals surface area contributed by atoms with Gasteiger partial charge in [-0.05, 0) is 12.8 Å². The van der Waals surface area contributed by atoms with Crippen LogP contribution in [0.2, 0.25) is 0 Å². The summed E-state index contributed by atoms with van der Waals surface area (Å²) < 4.78 is 29.3. The average Bonchev–Trinajstić information content (AvgIpc) is 2.58. The monoisotopic (exact) mass is 266 g/mol. The number of ether oxygens (including phenoxy) is 1. The molecule has 1 aromatic heterocycles. The highest BCUT2D eigenvalue weighted by atomic mass is 35.7. The topological polar surface area (TPSA) is 61.2 Å². The molecule has 0 aliphatic heterocycles. The lowest BCUT2D eigenvalue weighted by atomic mass is 10.5. The molecule has 7 heteroatoms. The molecule has 0 amide bonds. The molecule has 0 bridgehead atoms. The van der Waals surface area contributed by atoms with Crippen LogP contribution in [-0.4, -0.2) is 24.8 Å². The first-order chi connectivity index (χ1) is 7.49. The third-order valence-corrected chi connectivity index (χ3v) is 3.16. The molecule has 0 saturated heterocycles. The van der Waals surface area contributed by atoms with Crippen molar-refractivity contribution < 1.29 is 13.2 Å². The summed E-state index contributed by atoms with van der Waals surface area (Å²) in [6.45, 7) is 4.96. The molecule has 0 fully saturated rings. The van der Waals surface area contributed by atoms with Gasteiger partial charge in [0.1, 0.15) is 0 Å². The van der Waals surface area contributed by atoms with Gasteiger partial charge in [0.05, 0.1) is 6.61 Å². The molecule has 0 aliphatic rings. The minimum absolute atomic E-state index is 0.0592. The van der Waals surface area contributed by atoms with Gasteiger partial charge in [0, 0.05) is 23.4 Å². The molecule has 5 nitrogen and oxygen atoms in total. The van der Waals surface area contributed by atoms with E-state index >= 15 is 0 Å². The highest BCUT2D eigenvalue weighted by Crippen LogP contribution is 2.25. The van der Waals surface area contributed by atoms with Crippen LogP contribution in [0.3, 0.4) is 0 Å². The Balaban J connectivity index is 3.03. The molecule has 1 aromatic rings. The summed E-state index contributed by atoms with van der Waals surface area (Å²) in [6.07, 6.45) is 3.04. The summed E-state index contributed by atoms with van der Waals surface area (Å²) in [5, 5.41) is 4.03. The zero-order valence-corrected chi connectivity index (χ0v) is 10.9. The summed E-state index contributed by atoms with van der Waals surface area (Å²) in [5.41, 5.74) is 0. The normalized spacial score (nSPS) is 11.7. The number of hydrogen-bond acceptors (Lipinski definition) is 4. The summed E-state index contributed by atoms with van der Waals surface area (Å²) >= 11 is 0. The van der Waals surface area contributed by atoms with Crippen molar-refractivity contribution in [2.24, 2.45) is 0 Å². The van der Waals surface area contributed by atoms with Gasteiger partial charge < -0.3 is 4.74 Å². The Morgan fingerprint density at radius 2 is 2.12 bits per heavy atom. The van der Waals surface area contributed by atoms with Crippen molar-refractivity contribution in [1.82, 2.24) is 9.78 Å². The second kappa shape index (κ2) is 5.54. The van der Waals surface area contributed by atoms with Crippen LogP contribution in [0, 0.1) is 0 Å². The van der Waals surface area contributed by atoms with Crippen molar-refractivity contribution in [2.45, 2.75) is 38.1 Å². The van der Waals surface area contributed by atoms with E-state index in [1.54, 1.807) is 0 Å². The van der Waals surface area contributed by atoms with Gasteiger partial charge in [0.2, 0.25) is 0 Å². The van der Waals surface area contributed by atoms with E-state index in [-0.39, 0.29) is 10.8 Å². The van der Waals surface area contributed by atoms with Crippen LogP contribution in [-0.2, 0) is 15.6 Å². The van der Waals surface area contributed by atoms with Crippen molar-refractivity contribution in [3.8, 4) is 5.88 Å². The van der Waals surface area contributed by atoms with E-state index in [0.29, 0.717) is 13.2 Å². The lowest BCUT2D eigenvalue weighted by Crippen LogP contribution is -2.00. The maximum absolute atomic E-state index is 11.3. The molecular formula is C9H15ClN2O3S. The van der Waals surface area contributed by atoms with E-state index in [0.717, 1.165) is 12.8 Å². The van der Waals surface area contributed by atoms with Crippen LogP contribution in [0.15, 0.2) is 11.1 Å². The number of aromatic nitrogens is 2. The highest BCUT2D eigenvalue weighted by molar-refractivity contribution is 8.13. The third-order valence-electron chi connectivity index (χ3n) is 1.85. The minimum Gasteiger partial charge on any atom is -0.476 e. The predicted octanol–water partition coefficient (Wildman–Crippen LogP) is 2.01. The van der Waals surface area contributed by atoms with Crippen LogP contribution >= 0.6 is 10.7 Å². The minimum atomic E-state index is -3.80. The molecule has 0 saturated carbocycles. The molecule has 0 N–H and O–H groups in total. The van der Waals surface area contributed by atoms with Crippen LogP contribution < -0.4 is 4.74 Å². The van der Waals surface area contributed by atoms with Gasteiger partial charge >= 0.3 is 0 Å². The Hall–Kier alpha value is -0.750. The quantitative estimate of drug-likeness (QED) is 0.739. The SMILES string of the molecule is CCCOc1nn(CCC)cc1S(=O)(=O)Cl. The number of aryl methyl sites for hydroxylation is 1. The molecule has 0 aromatic carbocycles. The van der Waals surface area contributed by atoms with E-state index < -0.39 is 9.05 Å². The Kier molecular flexibility index (Phi) is 4.61. The van der Waals surface area contributed by atoms with Crippen molar-refractivity contribution in [2.75, 3.05) is 6.61 Å². The number of rotatable bonds is 6. The summed E-state index contributed by atoms with van der Waals surface area (Å²) in [7, 11) is 1.50. The molecular weight excluding hydrogens is 252 g/mol. The van der Waals surface area contributed by atoms with E-state index in [9.17, 15) is 8.42 Å². The molecule has 0 aliphatic carbocycles. The molecule has 92 valence electrons. The first-order valence-corrected chi connectivity index (χ1v) is 7.44. The van der Waals surface area contributed by atoms with Crippen LogP contribution in [0.4, 0.5) is 0 Å². The predicted molar refractivity (Wildman–Crippen MR) is 61.3 cm³/mol. The fourth-order valence-corrected chi connectivity index (χ4v) is 2.07. The van der Waals surface area contributed by atoms with Gasteiger partial charge in [-0.2, -0.15) is 0 Å². The lowest BCUT2D eigenvalue weighted by Gasteiger charge is -2.01. The summed E-state index contributed by atoms with van der Waals surface area (Å²) in [6, 6.07) is 0. The Bertz CT molecular complexity index is 442. The maximum Gasteiger partial charge on any atom is 0.268 e. The van der Waals surface area contributed by atoms with Crippen molar-refractivity contribution >= 4 is 19.7 Å². The second-order valence-corrected chi connectivity index (χ2v) is 5.88. The van der Waals surface area contributed by atoms with E-state index in [2.05, 4.69) is 5.10 Å².